The van der Waals surface area contributed by atoms with Crippen molar-refractivity contribution in [3.63, 3.8) is 0 Å². The summed E-state index contributed by atoms with van der Waals surface area (Å²) in [6.07, 6.45) is -0.0210. The van der Waals surface area contributed by atoms with Gasteiger partial charge < -0.3 is 10.1 Å². The predicted octanol–water partition coefficient (Wildman–Crippen LogP) is 4.07. The zero-order chi connectivity index (χ0) is 13.7. The number of halogens is 1. The van der Waals surface area contributed by atoms with Crippen molar-refractivity contribution in [1.82, 2.24) is 5.32 Å². The van der Waals surface area contributed by atoms with Crippen molar-refractivity contribution in [2.24, 2.45) is 0 Å². The van der Waals surface area contributed by atoms with Crippen LogP contribution in [0, 0.1) is 0 Å². The average molecular weight is 276 g/mol. The lowest BCUT2D eigenvalue weighted by Gasteiger charge is -2.25. The number of nitrogens with one attached hydrogen (secondary N) is 1. The third kappa shape index (κ3) is 3.49. The molecule has 0 bridgehead atoms. The smallest absolute Gasteiger partial charge is 0.138 e. The molecular weight excluding hydrogens is 258 g/mol. The third-order valence-corrected chi connectivity index (χ3v) is 3.40. The van der Waals surface area contributed by atoms with E-state index in [-0.39, 0.29) is 12.1 Å². The predicted molar refractivity (Wildman–Crippen MR) is 79.8 cm³/mol. The normalized spacial score (nSPS) is 13.8. The number of ether oxygens (including phenoxy) is 1. The van der Waals surface area contributed by atoms with Gasteiger partial charge in [-0.15, -0.1) is 0 Å². The van der Waals surface area contributed by atoms with Gasteiger partial charge in [0.05, 0.1) is 11.1 Å². The first-order valence-corrected chi connectivity index (χ1v) is 6.73. The molecule has 3 heteroatoms. The summed E-state index contributed by atoms with van der Waals surface area (Å²) < 4.78 is 5.96. The SMILES string of the molecule is CNC(c1ccccc1)C(C)Oc1ccccc1Cl. The Morgan fingerprint density at radius 2 is 1.63 bits per heavy atom. The first-order valence-electron chi connectivity index (χ1n) is 6.35. The summed E-state index contributed by atoms with van der Waals surface area (Å²) >= 11 is 6.12. The first kappa shape index (κ1) is 13.9. The van der Waals surface area contributed by atoms with E-state index in [1.165, 1.54) is 5.56 Å². The molecule has 1 N–H and O–H groups in total. The summed E-state index contributed by atoms with van der Waals surface area (Å²) in [5.74, 6) is 0.716. The topological polar surface area (TPSA) is 21.3 Å². The summed E-state index contributed by atoms with van der Waals surface area (Å²) in [6.45, 7) is 2.04. The molecule has 0 amide bonds. The molecule has 0 radical (unpaired) electrons. The largest absolute Gasteiger partial charge is 0.487 e. The minimum atomic E-state index is -0.0210. The molecule has 100 valence electrons. The molecule has 2 aromatic rings. The molecule has 2 unspecified atom stereocenters. The van der Waals surface area contributed by atoms with E-state index in [4.69, 9.17) is 16.3 Å². The highest BCUT2D eigenvalue weighted by Crippen LogP contribution is 2.27. The molecule has 0 aliphatic rings. The van der Waals surface area contributed by atoms with Crippen LogP contribution in [0.15, 0.2) is 54.6 Å². The fraction of sp³-hybridized carbons (Fsp3) is 0.250. The summed E-state index contributed by atoms with van der Waals surface area (Å²) in [6, 6.07) is 17.9. The molecule has 2 atom stereocenters. The van der Waals surface area contributed by atoms with Crippen LogP contribution < -0.4 is 10.1 Å². The Balaban J connectivity index is 2.14. The second kappa shape index (κ2) is 6.60. The number of benzene rings is 2. The van der Waals surface area contributed by atoms with Crippen LogP contribution in [0.25, 0.3) is 0 Å². The van der Waals surface area contributed by atoms with Gasteiger partial charge in [-0.05, 0) is 31.7 Å². The maximum absolute atomic E-state index is 6.12. The van der Waals surface area contributed by atoms with Gasteiger partial charge in [-0.25, -0.2) is 0 Å². The lowest BCUT2D eigenvalue weighted by atomic mass is 10.0. The number of hydrogen-bond donors (Lipinski definition) is 1. The van der Waals surface area contributed by atoms with Crippen molar-refractivity contribution in [1.29, 1.82) is 0 Å². The molecule has 0 aromatic heterocycles. The minimum absolute atomic E-state index is 0.0210. The van der Waals surface area contributed by atoms with E-state index in [2.05, 4.69) is 17.4 Å². The highest BCUT2D eigenvalue weighted by Gasteiger charge is 2.19. The molecule has 2 aromatic carbocycles. The average Bonchev–Trinajstić information content (AvgIpc) is 2.43. The molecule has 0 aliphatic carbocycles. The summed E-state index contributed by atoms with van der Waals surface area (Å²) in [5.41, 5.74) is 1.20. The molecular formula is C16H18ClNO. The van der Waals surface area contributed by atoms with Crippen LogP contribution in [0.1, 0.15) is 18.5 Å². The van der Waals surface area contributed by atoms with Crippen molar-refractivity contribution >= 4 is 11.6 Å². The van der Waals surface area contributed by atoms with Crippen LogP contribution in [-0.2, 0) is 0 Å². The van der Waals surface area contributed by atoms with Crippen LogP contribution in [-0.4, -0.2) is 13.2 Å². The van der Waals surface area contributed by atoms with Crippen molar-refractivity contribution in [3.8, 4) is 5.75 Å². The standard InChI is InChI=1S/C16H18ClNO/c1-12(19-15-11-7-6-10-14(15)17)16(18-2)13-8-4-3-5-9-13/h3-12,16,18H,1-2H3. The third-order valence-electron chi connectivity index (χ3n) is 3.09. The summed E-state index contributed by atoms with van der Waals surface area (Å²) in [5, 5.41) is 3.93. The molecule has 2 rings (SSSR count). The van der Waals surface area contributed by atoms with E-state index in [1.54, 1.807) is 0 Å². The Morgan fingerprint density at radius 3 is 2.26 bits per heavy atom. The van der Waals surface area contributed by atoms with Gasteiger partial charge in [0, 0.05) is 0 Å². The van der Waals surface area contributed by atoms with E-state index < -0.39 is 0 Å². The van der Waals surface area contributed by atoms with Gasteiger partial charge in [-0.3, -0.25) is 0 Å². The fourth-order valence-corrected chi connectivity index (χ4v) is 2.32. The molecule has 0 spiro atoms. The van der Waals surface area contributed by atoms with Gasteiger partial charge in [0.2, 0.25) is 0 Å². The van der Waals surface area contributed by atoms with Crippen molar-refractivity contribution in [3.05, 3.63) is 65.2 Å². The van der Waals surface area contributed by atoms with Gasteiger partial charge in [-0.1, -0.05) is 54.1 Å². The number of para-hydroxylation sites is 1. The highest BCUT2D eigenvalue weighted by atomic mass is 35.5. The lowest BCUT2D eigenvalue weighted by molar-refractivity contribution is 0.175. The first-order chi connectivity index (χ1) is 9.22. The number of rotatable bonds is 5. The van der Waals surface area contributed by atoms with Crippen LogP contribution in [0.5, 0.6) is 5.75 Å². The van der Waals surface area contributed by atoms with Gasteiger partial charge in [0.25, 0.3) is 0 Å². The fourth-order valence-electron chi connectivity index (χ4n) is 2.14. The molecule has 0 fully saturated rings. The lowest BCUT2D eigenvalue weighted by Crippen LogP contribution is -2.31. The molecule has 0 heterocycles. The van der Waals surface area contributed by atoms with Gasteiger partial charge in [0.15, 0.2) is 0 Å². The van der Waals surface area contributed by atoms with Gasteiger partial charge in [-0.2, -0.15) is 0 Å². The molecule has 0 saturated carbocycles. The van der Waals surface area contributed by atoms with Crippen molar-refractivity contribution in [2.45, 2.75) is 19.1 Å². The Labute approximate surface area is 119 Å². The van der Waals surface area contributed by atoms with Crippen molar-refractivity contribution in [2.75, 3.05) is 7.05 Å². The van der Waals surface area contributed by atoms with Gasteiger partial charge >= 0.3 is 0 Å². The molecule has 19 heavy (non-hydrogen) atoms. The van der Waals surface area contributed by atoms with E-state index >= 15 is 0 Å². The van der Waals surface area contributed by atoms with Gasteiger partial charge in [0.1, 0.15) is 11.9 Å². The number of hydrogen-bond acceptors (Lipinski definition) is 2. The second-order valence-corrected chi connectivity index (χ2v) is 4.84. The van der Waals surface area contributed by atoms with E-state index in [1.807, 2.05) is 56.4 Å². The van der Waals surface area contributed by atoms with Crippen LogP contribution in [0.3, 0.4) is 0 Å². The molecule has 0 saturated heterocycles. The van der Waals surface area contributed by atoms with E-state index in [9.17, 15) is 0 Å². The Morgan fingerprint density at radius 1 is 1.00 bits per heavy atom. The Bertz CT molecular complexity index is 515. The zero-order valence-corrected chi connectivity index (χ0v) is 11.9. The number of likely N-dealkylation sites (N-methyl/N-ethyl adjacent to an activating group) is 1. The highest BCUT2D eigenvalue weighted by molar-refractivity contribution is 6.32. The monoisotopic (exact) mass is 275 g/mol. The minimum Gasteiger partial charge on any atom is -0.487 e. The second-order valence-electron chi connectivity index (χ2n) is 4.43. The Hall–Kier alpha value is -1.51. The Kier molecular flexibility index (Phi) is 4.83. The van der Waals surface area contributed by atoms with E-state index in [0.29, 0.717) is 10.8 Å². The van der Waals surface area contributed by atoms with Crippen LogP contribution in [0.4, 0.5) is 0 Å². The van der Waals surface area contributed by atoms with Crippen LogP contribution >= 0.6 is 11.6 Å². The quantitative estimate of drug-likeness (QED) is 0.888. The van der Waals surface area contributed by atoms with Crippen LogP contribution in [0.2, 0.25) is 5.02 Å². The summed E-state index contributed by atoms with van der Waals surface area (Å²) in [4.78, 5) is 0. The van der Waals surface area contributed by atoms with Crippen molar-refractivity contribution < 1.29 is 4.74 Å². The molecule has 2 nitrogen and oxygen atoms in total. The maximum atomic E-state index is 6.12. The summed E-state index contributed by atoms with van der Waals surface area (Å²) in [7, 11) is 1.93. The van der Waals surface area contributed by atoms with E-state index in [0.717, 1.165) is 0 Å². The zero-order valence-electron chi connectivity index (χ0n) is 11.1. The maximum Gasteiger partial charge on any atom is 0.138 e. The molecule has 0 aliphatic heterocycles.